The van der Waals surface area contributed by atoms with E-state index < -0.39 is 0 Å². The Kier molecular flexibility index (Phi) is 4.08. The van der Waals surface area contributed by atoms with Gasteiger partial charge in [-0.2, -0.15) is 0 Å². The van der Waals surface area contributed by atoms with Crippen molar-refractivity contribution in [1.82, 2.24) is 0 Å². The lowest BCUT2D eigenvalue weighted by molar-refractivity contribution is -0.131. The first-order chi connectivity index (χ1) is 10.1. The van der Waals surface area contributed by atoms with Crippen LogP contribution >= 0.6 is 15.9 Å². The molecule has 0 fully saturated rings. The van der Waals surface area contributed by atoms with Gasteiger partial charge in [0.1, 0.15) is 11.9 Å². The molecule has 1 aliphatic heterocycles. The number of hydrogen-bond acceptors (Lipinski definition) is 3. The molecule has 2 aromatic rings. The maximum atomic E-state index is 11.0. The van der Waals surface area contributed by atoms with Crippen molar-refractivity contribution in [1.29, 1.82) is 0 Å². The lowest BCUT2D eigenvalue weighted by atomic mass is 9.93. The van der Waals surface area contributed by atoms with Crippen molar-refractivity contribution in [2.24, 2.45) is 0 Å². The molecule has 108 valence electrons. The molecule has 0 radical (unpaired) electrons. The molecule has 1 atom stereocenters. The van der Waals surface area contributed by atoms with E-state index in [2.05, 4.69) is 28.1 Å². The highest BCUT2D eigenvalue weighted by Crippen LogP contribution is 2.35. The molecule has 0 amide bonds. The number of carbonyl (C=O) groups is 1. The van der Waals surface area contributed by atoms with Gasteiger partial charge in [0.15, 0.2) is 0 Å². The second kappa shape index (κ2) is 6.00. The van der Waals surface area contributed by atoms with Crippen molar-refractivity contribution in [3.63, 3.8) is 0 Å². The highest BCUT2D eigenvalue weighted by atomic mass is 79.9. The molecule has 0 aromatic heterocycles. The molecule has 21 heavy (non-hydrogen) atoms. The summed E-state index contributed by atoms with van der Waals surface area (Å²) in [5, 5.41) is 0. The highest BCUT2D eigenvalue weighted by molar-refractivity contribution is 9.10. The lowest BCUT2D eigenvalue weighted by Crippen LogP contribution is -2.17. The van der Waals surface area contributed by atoms with Crippen LogP contribution in [0.4, 0.5) is 0 Å². The summed E-state index contributed by atoms with van der Waals surface area (Å²) < 4.78 is 12.1. The Morgan fingerprint density at radius 1 is 1.24 bits per heavy atom. The van der Waals surface area contributed by atoms with Gasteiger partial charge in [-0.15, -0.1) is 0 Å². The fraction of sp³-hybridized carbons (Fsp3) is 0.235. The van der Waals surface area contributed by atoms with Crippen molar-refractivity contribution in [3.05, 3.63) is 63.6 Å². The highest BCUT2D eigenvalue weighted by Gasteiger charge is 2.23. The van der Waals surface area contributed by atoms with E-state index >= 15 is 0 Å². The number of fused-ring (bicyclic) bond motifs is 1. The van der Waals surface area contributed by atoms with Gasteiger partial charge in [0.05, 0.1) is 6.61 Å². The number of ether oxygens (including phenoxy) is 2. The van der Waals surface area contributed by atoms with Crippen LogP contribution in [0.2, 0.25) is 0 Å². The number of carbonyl (C=O) groups excluding carboxylic acids is 1. The largest absolute Gasteiger partial charge is 0.427 e. The van der Waals surface area contributed by atoms with Gasteiger partial charge in [-0.1, -0.05) is 34.1 Å². The summed E-state index contributed by atoms with van der Waals surface area (Å²) in [5.74, 6) is 0.296. The summed E-state index contributed by atoms with van der Waals surface area (Å²) in [6, 6.07) is 13.9. The van der Waals surface area contributed by atoms with Gasteiger partial charge in [0, 0.05) is 11.4 Å². The Morgan fingerprint density at radius 3 is 2.71 bits per heavy atom. The third kappa shape index (κ3) is 3.17. The SMILES string of the molecule is CC(=O)Oc1ccc2c(c1)CCO[C@H]2c1ccc(Br)cc1. The summed E-state index contributed by atoms with van der Waals surface area (Å²) in [5.41, 5.74) is 3.44. The van der Waals surface area contributed by atoms with Crippen LogP contribution in [0.5, 0.6) is 5.75 Å². The third-order valence-corrected chi connectivity index (χ3v) is 4.02. The van der Waals surface area contributed by atoms with Crippen LogP contribution in [0.3, 0.4) is 0 Å². The van der Waals surface area contributed by atoms with Gasteiger partial charge in [-0.3, -0.25) is 4.79 Å². The van der Waals surface area contributed by atoms with Crippen molar-refractivity contribution in [3.8, 4) is 5.75 Å². The van der Waals surface area contributed by atoms with Crippen molar-refractivity contribution in [2.45, 2.75) is 19.4 Å². The normalized spacial score (nSPS) is 17.1. The van der Waals surface area contributed by atoms with Gasteiger partial charge in [-0.25, -0.2) is 0 Å². The number of benzene rings is 2. The number of rotatable bonds is 2. The summed E-state index contributed by atoms with van der Waals surface area (Å²) >= 11 is 3.44. The summed E-state index contributed by atoms with van der Waals surface area (Å²) in [7, 11) is 0. The number of hydrogen-bond donors (Lipinski definition) is 0. The molecule has 0 spiro atoms. The summed E-state index contributed by atoms with van der Waals surface area (Å²) in [4.78, 5) is 11.0. The van der Waals surface area contributed by atoms with E-state index in [0.717, 1.165) is 22.0 Å². The Morgan fingerprint density at radius 2 is 2.00 bits per heavy atom. The molecule has 0 bridgehead atoms. The van der Waals surface area contributed by atoms with E-state index in [1.54, 1.807) is 0 Å². The smallest absolute Gasteiger partial charge is 0.308 e. The standard InChI is InChI=1S/C17H15BrO3/c1-11(19)21-15-6-7-16-13(10-15)8-9-20-17(16)12-2-4-14(18)5-3-12/h2-7,10,17H,8-9H2,1H3/t17-/m0/s1. The number of halogens is 1. The predicted molar refractivity (Wildman–Crippen MR) is 83.4 cm³/mol. The molecule has 3 rings (SSSR count). The summed E-state index contributed by atoms with van der Waals surface area (Å²) in [6.45, 7) is 2.07. The third-order valence-electron chi connectivity index (χ3n) is 3.49. The van der Waals surface area contributed by atoms with Crippen molar-refractivity contribution >= 4 is 21.9 Å². The molecule has 0 aliphatic carbocycles. The first-order valence-corrected chi connectivity index (χ1v) is 7.61. The van der Waals surface area contributed by atoms with Gasteiger partial charge in [-0.05, 0) is 47.4 Å². The van der Waals surface area contributed by atoms with Gasteiger partial charge in [0.25, 0.3) is 0 Å². The Bertz CT molecular complexity index is 664. The van der Waals surface area contributed by atoms with Crippen LogP contribution in [-0.2, 0) is 16.0 Å². The second-order valence-electron chi connectivity index (χ2n) is 5.01. The van der Waals surface area contributed by atoms with E-state index in [9.17, 15) is 4.79 Å². The maximum absolute atomic E-state index is 11.0. The molecular formula is C17H15BrO3. The van der Waals surface area contributed by atoms with E-state index in [1.165, 1.54) is 12.5 Å². The maximum Gasteiger partial charge on any atom is 0.308 e. The van der Waals surface area contributed by atoms with Crippen LogP contribution in [0.25, 0.3) is 0 Å². The average molecular weight is 347 g/mol. The molecule has 0 unspecified atom stereocenters. The quantitative estimate of drug-likeness (QED) is 0.608. The lowest BCUT2D eigenvalue weighted by Gasteiger charge is -2.27. The fourth-order valence-corrected chi connectivity index (χ4v) is 2.84. The zero-order chi connectivity index (χ0) is 14.8. The molecule has 0 saturated heterocycles. The minimum absolute atomic E-state index is 0.0618. The van der Waals surface area contributed by atoms with Gasteiger partial charge in [0.2, 0.25) is 0 Å². The van der Waals surface area contributed by atoms with Crippen LogP contribution in [0, 0.1) is 0 Å². The van der Waals surface area contributed by atoms with E-state index in [1.807, 2.05) is 30.3 Å². The summed E-state index contributed by atoms with van der Waals surface area (Å²) in [6.07, 6.45) is 0.769. The molecule has 0 N–H and O–H groups in total. The van der Waals surface area contributed by atoms with Crippen molar-refractivity contribution < 1.29 is 14.3 Å². The zero-order valence-corrected chi connectivity index (χ0v) is 13.2. The van der Waals surface area contributed by atoms with Crippen LogP contribution in [0.1, 0.15) is 29.7 Å². The van der Waals surface area contributed by atoms with E-state index in [0.29, 0.717) is 12.4 Å². The first-order valence-electron chi connectivity index (χ1n) is 6.82. The topological polar surface area (TPSA) is 35.5 Å². The zero-order valence-electron chi connectivity index (χ0n) is 11.6. The molecule has 4 heteroatoms. The minimum atomic E-state index is -0.300. The monoisotopic (exact) mass is 346 g/mol. The predicted octanol–water partition coefficient (Wildman–Crippen LogP) is 4.04. The fourth-order valence-electron chi connectivity index (χ4n) is 2.57. The van der Waals surface area contributed by atoms with E-state index in [4.69, 9.17) is 9.47 Å². The molecule has 3 nitrogen and oxygen atoms in total. The Hall–Kier alpha value is -1.65. The Balaban J connectivity index is 1.94. The Labute approximate surface area is 132 Å². The average Bonchev–Trinajstić information content (AvgIpc) is 2.46. The first kappa shape index (κ1) is 14.3. The van der Waals surface area contributed by atoms with Crippen LogP contribution < -0.4 is 4.74 Å². The van der Waals surface area contributed by atoms with Gasteiger partial charge >= 0.3 is 5.97 Å². The van der Waals surface area contributed by atoms with Gasteiger partial charge < -0.3 is 9.47 Å². The molecule has 2 aromatic carbocycles. The minimum Gasteiger partial charge on any atom is -0.427 e. The number of esters is 1. The van der Waals surface area contributed by atoms with Crippen LogP contribution in [-0.4, -0.2) is 12.6 Å². The van der Waals surface area contributed by atoms with Crippen LogP contribution in [0.15, 0.2) is 46.9 Å². The molecule has 1 aliphatic rings. The second-order valence-corrected chi connectivity index (χ2v) is 5.92. The molecule has 0 saturated carbocycles. The van der Waals surface area contributed by atoms with E-state index in [-0.39, 0.29) is 12.1 Å². The molecule has 1 heterocycles. The van der Waals surface area contributed by atoms with Crippen molar-refractivity contribution in [2.75, 3.05) is 6.61 Å². The molecular weight excluding hydrogens is 332 g/mol.